The minimum Gasteiger partial charge on any atom is -0.479 e. The monoisotopic (exact) mass is 429 g/mol. The number of ether oxygens (including phenoxy) is 1. The second-order valence-corrected chi connectivity index (χ2v) is 9.48. The fourth-order valence-corrected chi connectivity index (χ4v) is 5.02. The zero-order valence-corrected chi connectivity index (χ0v) is 17.9. The molecule has 7 nitrogen and oxygen atoms in total. The number of Topliss-reactive ketones (excluding diaryl/α,β-unsaturated/α-hetero) is 1. The van der Waals surface area contributed by atoms with Gasteiger partial charge in [0.25, 0.3) is 11.5 Å². The highest BCUT2D eigenvalue weighted by atomic mass is 32.2. The molecule has 0 spiro atoms. The van der Waals surface area contributed by atoms with Crippen LogP contribution in [-0.2, 0) is 4.79 Å². The number of hydrogen-bond acceptors (Lipinski definition) is 7. The number of nitrogens with one attached hydrogen (secondary N) is 1. The second-order valence-electron chi connectivity index (χ2n) is 6.91. The Bertz CT molecular complexity index is 1200. The third-order valence-electron chi connectivity index (χ3n) is 4.75. The number of fused-ring (bicyclic) bond motifs is 2. The maximum absolute atomic E-state index is 13.0. The summed E-state index contributed by atoms with van der Waals surface area (Å²) in [6.45, 7) is 5.38. The molecule has 3 heterocycles. The first-order chi connectivity index (χ1) is 13.7. The van der Waals surface area contributed by atoms with Gasteiger partial charge < -0.3 is 14.6 Å². The SMILES string of the molecule is Cc1cc2c(=O)[nH]c(SC(C)C(=O)c3ccc4c(c3)N(C)C(=O)C(C)O4)nc2s1. The van der Waals surface area contributed by atoms with Gasteiger partial charge in [-0.25, -0.2) is 4.98 Å². The van der Waals surface area contributed by atoms with E-state index in [4.69, 9.17) is 4.74 Å². The van der Waals surface area contributed by atoms with Crippen molar-refractivity contribution in [1.82, 2.24) is 9.97 Å². The summed E-state index contributed by atoms with van der Waals surface area (Å²) in [7, 11) is 1.67. The standard InChI is InChI=1S/C20H19N3O4S2/c1-9-7-13-17(25)21-20(22-18(13)28-9)29-11(3)16(24)12-5-6-15-14(8-12)23(4)19(26)10(2)27-15/h5-8,10-11H,1-4H3,(H,21,22,25). The highest BCUT2D eigenvalue weighted by molar-refractivity contribution is 8.00. The summed E-state index contributed by atoms with van der Waals surface area (Å²) < 4.78 is 5.61. The van der Waals surface area contributed by atoms with E-state index in [0.29, 0.717) is 32.4 Å². The van der Waals surface area contributed by atoms with Crippen LogP contribution >= 0.6 is 23.1 Å². The van der Waals surface area contributed by atoms with E-state index in [1.165, 1.54) is 28.0 Å². The zero-order valence-electron chi connectivity index (χ0n) is 16.3. The lowest BCUT2D eigenvalue weighted by Crippen LogP contribution is -2.42. The van der Waals surface area contributed by atoms with Gasteiger partial charge in [0.1, 0.15) is 10.6 Å². The average Bonchev–Trinajstić information content (AvgIpc) is 3.06. The van der Waals surface area contributed by atoms with Crippen molar-refractivity contribution in [1.29, 1.82) is 0 Å². The van der Waals surface area contributed by atoms with Crippen molar-refractivity contribution in [2.45, 2.75) is 37.3 Å². The molecule has 1 amide bonds. The third-order valence-corrected chi connectivity index (χ3v) is 6.68. The number of hydrogen-bond donors (Lipinski definition) is 1. The van der Waals surface area contributed by atoms with Gasteiger partial charge in [0.15, 0.2) is 17.0 Å². The van der Waals surface area contributed by atoms with E-state index in [2.05, 4.69) is 9.97 Å². The number of ketones is 1. The van der Waals surface area contributed by atoms with Gasteiger partial charge in [0, 0.05) is 17.5 Å². The molecule has 0 bridgehead atoms. The molecule has 2 unspecified atom stereocenters. The van der Waals surface area contributed by atoms with E-state index in [1.54, 1.807) is 39.1 Å². The average molecular weight is 430 g/mol. The predicted molar refractivity (Wildman–Crippen MR) is 115 cm³/mol. The molecule has 2 aromatic heterocycles. The molecule has 2 atom stereocenters. The maximum Gasteiger partial charge on any atom is 0.267 e. The van der Waals surface area contributed by atoms with Gasteiger partial charge in [0.2, 0.25) is 0 Å². The molecule has 0 aliphatic carbocycles. The van der Waals surface area contributed by atoms with Crippen LogP contribution in [0.15, 0.2) is 34.2 Å². The van der Waals surface area contributed by atoms with Crippen LogP contribution in [-0.4, -0.2) is 40.1 Å². The normalized spacial score (nSPS) is 17.2. The summed E-state index contributed by atoms with van der Waals surface area (Å²) in [4.78, 5) is 47.8. The Kier molecular flexibility index (Phi) is 4.95. The van der Waals surface area contributed by atoms with Crippen LogP contribution in [0.4, 0.5) is 5.69 Å². The molecule has 1 N–H and O–H groups in total. The van der Waals surface area contributed by atoms with Crippen molar-refractivity contribution in [3.8, 4) is 5.75 Å². The van der Waals surface area contributed by atoms with E-state index >= 15 is 0 Å². The summed E-state index contributed by atoms with van der Waals surface area (Å²) in [5.74, 6) is 0.286. The Balaban J connectivity index is 1.59. The molecule has 0 fully saturated rings. The minimum atomic E-state index is -0.553. The molecule has 1 aromatic carbocycles. The van der Waals surface area contributed by atoms with Crippen molar-refractivity contribution in [3.05, 3.63) is 45.1 Å². The molecule has 3 aromatic rings. The molecule has 1 aliphatic rings. The molecular weight excluding hydrogens is 410 g/mol. The molecule has 150 valence electrons. The summed E-state index contributed by atoms with van der Waals surface area (Å²) in [5, 5.41) is 0.499. The molecular formula is C20H19N3O4S2. The van der Waals surface area contributed by atoms with E-state index in [1.807, 2.05) is 13.0 Å². The van der Waals surface area contributed by atoms with Gasteiger partial charge in [-0.3, -0.25) is 14.4 Å². The van der Waals surface area contributed by atoms with Gasteiger partial charge in [-0.15, -0.1) is 11.3 Å². The Morgan fingerprint density at radius 1 is 1.34 bits per heavy atom. The number of carbonyl (C=O) groups excluding carboxylic acids is 2. The summed E-state index contributed by atoms with van der Waals surface area (Å²) in [6, 6.07) is 6.87. The van der Waals surface area contributed by atoms with Crippen molar-refractivity contribution in [2.24, 2.45) is 0 Å². The number of amides is 1. The molecule has 29 heavy (non-hydrogen) atoms. The van der Waals surface area contributed by atoms with Crippen LogP contribution in [0.1, 0.15) is 29.1 Å². The Hall–Kier alpha value is -2.65. The fourth-order valence-electron chi connectivity index (χ4n) is 3.21. The number of thiophene rings is 1. The molecule has 1 aliphatic heterocycles. The van der Waals surface area contributed by atoms with Crippen molar-refractivity contribution in [3.63, 3.8) is 0 Å². The summed E-state index contributed by atoms with van der Waals surface area (Å²) >= 11 is 2.65. The van der Waals surface area contributed by atoms with Crippen molar-refractivity contribution in [2.75, 3.05) is 11.9 Å². The quantitative estimate of drug-likeness (QED) is 0.388. The zero-order chi connectivity index (χ0) is 20.9. The lowest BCUT2D eigenvalue weighted by atomic mass is 10.1. The molecule has 4 rings (SSSR count). The minimum absolute atomic E-state index is 0.123. The first-order valence-corrected chi connectivity index (χ1v) is 10.7. The lowest BCUT2D eigenvalue weighted by Gasteiger charge is -2.30. The van der Waals surface area contributed by atoms with E-state index in [9.17, 15) is 14.4 Å². The fraction of sp³-hybridized carbons (Fsp3) is 0.300. The number of likely N-dealkylation sites (N-methyl/N-ethyl adjacent to an activating group) is 1. The Morgan fingerprint density at radius 3 is 2.86 bits per heavy atom. The number of carbonyl (C=O) groups is 2. The van der Waals surface area contributed by atoms with Crippen LogP contribution in [0, 0.1) is 6.92 Å². The van der Waals surface area contributed by atoms with Crippen LogP contribution < -0.4 is 15.2 Å². The summed E-state index contributed by atoms with van der Waals surface area (Å²) in [5.41, 5.74) is 0.830. The van der Waals surface area contributed by atoms with Crippen LogP contribution in [0.5, 0.6) is 5.75 Å². The number of aryl methyl sites for hydroxylation is 1. The smallest absolute Gasteiger partial charge is 0.267 e. The first kappa shape index (κ1) is 19.7. The number of aromatic amines is 1. The third kappa shape index (κ3) is 3.56. The lowest BCUT2D eigenvalue weighted by molar-refractivity contribution is -0.125. The number of anilines is 1. The largest absolute Gasteiger partial charge is 0.479 e. The molecule has 9 heteroatoms. The number of aromatic nitrogens is 2. The molecule has 0 radical (unpaired) electrons. The number of thioether (sulfide) groups is 1. The topological polar surface area (TPSA) is 92.4 Å². The van der Waals surface area contributed by atoms with Gasteiger partial charge in [-0.05, 0) is 45.0 Å². The molecule has 0 saturated heterocycles. The van der Waals surface area contributed by atoms with E-state index in [-0.39, 0.29) is 17.2 Å². The number of benzene rings is 1. The van der Waals surface area contributed by atoms with Crippen LogP contribution in [0.2, 0.25) is 0 Å². The first-order valence-electron chi connectivity index (χ1n) is 9.04. The van der Waals surface area contributed by atoms with Gasteiger partial charge >= 0.3 is 0 Å². The molecule has 0 saturated carbocycles. The maximum atomic E-state index is 13.0. The Labute approximate surface area is 175 Å². The predicted octanol–water partition coefficient (Wildman–Crippen LogP) is 3.40. The van der Waals surface area contributed by atoms with Gasteiger partial charge in [-0.2, -0.15) is 0 Å². The highest BCUT2D eigenvalue weighted by Gasteiger charge is 2.30. The van der Waals surface area contributed by atoms with E-state index < -0.39 is 11.4 Å². The second kappa shape index (κ2) is 7.31. The van der Waals surface area contributed by atoms with Gasteiger partial charge in [-0.1, -0.05) is 11.8 Å². The number of nitrogens with zero attached hydrogens (tertiary/aromatic N) is 2. The van der Waals surface area contributed by atoms with Crippen LogP contribution in [0.3, 0.4) is 0 Å². The van der Waals surface area contributed by atoms with E-state index in [0.717, 1.165) is 4.88 Å². The summed E-state index contributed by atoms with van der Waals surface area (Å²) in [6.07, 6.45) is -0.553. The van der Waals surface area contributed by atoms with Crippen molar-refractivity contribution < 1.29 is 14.3 Å². The van der Waals surface area contributed by atoms with Crippen LogP contribution in [0.25, 0.3) is 10.2 Å². The highest BCUT2D eigenvalue weighted by Crippen LogP contribution is 2.35. The van der Waals surface area contributed by atoms with Crippen molar-refractivity contribution >= 4 is 50.7 Å². The number of H-pyrrole nitrogens is 1. The van der Waals surface area contributed by atoms with Gasteiger partial charge in [0.05, 0.1) is 16.3 Å². The Morgan fingerprint density at radius 2 is 2.10 bits per heavy atom. The number of rotatable bonds is 4.